The summed E-state index contributed by atoms with van der Waals surface area (Å²) in [7, 11) is 0. The first-order valence-electron chi connectivity index (χ1n) is 7.57. The van der Waals surface area contributed by atoms with E-state index in [4.69, 9.17) is 5.26 Å². The van der Waals surface area contributed by atoms with Crippen molar-refractivity contribution < 1.29 is 4.79 Å². The summed E-state index contributed by atoms with van der Waals surface area (Å²) < 4.78 is 4.12. The molecule has 0 aliphatic heterocycles. The number of rotatable bonds is 3. The molecule has 0 bridgehead atoms. The highest BCUT2D eigenvalue weighted by Crippen LogP contribution is 2.42. The zero-order valence-electron chi connectivity index (χ0n) is 13.1. The molecule has 2 aromatic rings. The molecule has 0 unspecified atom stereocenters. The van der Waals surface area contributed by atoms with E-state index in [9.17, 15) is 4.79 Å². The van der Waals surface area contributed by atoms with E-state index in [0.29, 0.717) is 16.3 Å². The van der Waals surface area contributed by atoms with Gasteiger partial charge in [0.2, 0.25) is 0 Å². The summed E-state index contributed by atoms with van der Waals surface area (Å²) in [4.78, 5) is 12.4. The molecule has 23 heavy (non-hydrogen) atoms. The minimum Gasteiger partial charge on any atom is -0.328 e. The van der Waals surface area contributed by atoms with E-state index in [2.05, 4.69) is 40.1 Å². The molecule has 1 saturated carbocycles. The first-order chi connectivity index (χ1) is 11.1. The number of aromatic nitrogens is 1. The average molecular weight is 326 g/mol. The van der Waals surface area contributed by atoms with Crippen molar-refractivity contribution >= 4 is 22.6 Å². The molecule has 0 spiro atoms. The van der Waals surface area contributed by atoms with Crippen LogP contribution in [0.1, 0.15) is 41.6 Å². The van der Waals surface area contributed by atoms with E-state index >= 15 is 0 Å². The fraction of sp³-hybridized carbons (Fsp3) is 0.353. The van der Waals surface area contributed by atoms with Gasteiger partial charge in [0, 0.05) is 0 Å². The smallest absolute Gasteiger partial charge is 0.320 e. The van der Waals surface area contributed by atoms with Crippen molar-refractivity contribution in [2.24, 2.45) is 0 Å². The van der Waals surface area contributed by atoms with Crippen LogP contribution in [0.4, 0.5) is 9.80 Å². The standard InChI is InChI=1S/C17H18N4OS/c1-11-6-3-4-7-14(11)17(8-5-9-17)20-16(22)19-15-13(10-18)12(2)21-23-15/h3-4,6-7H,5,8-9H2,1-2H3,(H2,19,20,22). The third-order valence-electron chi connectivity index (χ3n) is 4.42. The van der Waals surface area contributed by atoms with Gasteiger partial charge in [-0.1, -0.05) is 24.3 Å². The number of nitriles is 1. The maximum absolute atomic E-state index is 12.4. The predicted octanol–water partition coefficient (Wildman–Crippen LogP) is 3.83. The zero-order chi connectivity index (χ0) is 16.4. The van der Waals surface area contributed by atoms with Gasteiger partial charge in [-0.25, -0.2) is 4.79 Å². The molecule has 5 nitrogen and oxygen atoms in total. The lowest BCUT2D eigenvalue weighted by molar-refractivity contribution is 0.184. The van der Waals surface area contributed by atoms with Crippen LogP contribution >= 0.6 is 11.5 Å². The summed E-state index contributed by atoms with van der Waals surface area (Å²) in [5.74, 6) is 0. The molecule has 0 atom stereocenters. The molecular formula is C17H18N4OS. The van der Waals surface area contributed by atoms with Gasteiger partial charge in [0.1, 0.15) is 16.6 Å². The lowest BCUT2D eigenvalue weighted by Crippen LogP contribution is -2.52. The Balaban J connectivity index is 1.79. The highest BCUT2D eigenvalue weighted by molar-refractivity contribution is 7.10. The summed E-state index contributed by atoms with van der Waals surface area (Å²) in [5, 5.41) is 15.5. The number of aryl methyl sites for hydroxylation is 2. The van der Waals surface area contributed by atoms with Crippen LogP contribution in [0.5, 0.6) is 0 Å². The van der Waals surface area contributed by atoms with Gasteiger partial charge in [0.15, 0.2) is 0 Å². The van der Waals surface area contributed by atoms with E-state index in [1.165, 1.54) is 11.1 Å². The van der Waals surface area contributed by atoms with Crippen LogP contribution < -0.4 is 10.6 Å². The molecule has 1 aliphatic rings. The van der Waals surface area contributed by atoms with Crippen LogP contribution in [0.15, 0.2) is 24.3 Å². The Labute approximate surface area is 139 Å². The Hall–Kier alpha value is -2.39. The van der Waals surface area contributed by atoms with Crippen LogP contribution in [-0.4, -0.2) is 10.4 Å². The second kappa shape index (κ2) is 6.01. The fourth-order valence-electron chi connectivity index (χ4n) is 3.04. The molecule has 118 valence electrons. The number of hydrogen-bond donors (Lipinski definition) is 2. The minimum absolute atomic E-state index is 0.284. The van der Waals surface area contributed by atoms with E-state index in [0.717, 1.165) is 30.8 Å². The third-order valence-corrected chi connectivity index (χ3v) is 5.28. The lowest BCUT2D eigenvalue weighted by Gasteiger charge is -2.43. The molecule has 1 aliphatic carbocycles. The first-order valence-corrected chi connectivity index (χ1v) is 8.35. The molecule has 0 saturated heterocycles. The van der Waals surface area contributed by atoms with E-state index in [-0.39, 0.29) is 11.6 Å². The highest BCUT2D eigenvalue weighted by atomic mass is 32.1. The topological polar surface area (TPSA) is 77.8 Å². The maximum atomic E-state index is 12.4. The zero-order valence-corrected chi connectivity index (χ0v) is 14.0. The summed E-state index contributed by atoms with van der Waals surface area (Å²) in [6.45, 7) is 3.83. The SMILES string of the molecule is Cc1ccccc1C1(NC(=O)Nc2snc(C)c2C#N)CCC1. The van der Waals surface area contributed by atoms with Gasteiger partial charge in [-0.05, 0) is 55.8 Å². The van der Waals surface area contributed by atoms with Crippen molar-refractivity contribution in [1.82, 2.24) is 9.69 Å². The number of anilines is 1. The minimum atomic E-state index is -0.304. The molecule has 3 rings (SSSR count). The largest absolute Gasteiger partial charge is 0.328 e. The molecule has 1 aromatic heterocycles. The highest BCUT2D eigenvalue weighted by Gasteiger charge is 2.41. The van der Waals surface area contributed by atoms with Gasteiger partial charge < -0.3 is 5.32 Å². The van der Waals surface area contributed by atoms with Crippen molar-refractivity contribution in [2.45, 2.75) is 38.6 Å². The first kappa shape index (κ1) is 15.5. The monoisotopic (exact) mass is 326 g/mol. The van der Waals surface area contributed by atoms with Gasteiger partial charge in [-0.2, -0.15) is 9.64 Å². The van der Waals surface area contributed by atoms with Crippen molar-refractivity contribution in [1.29, 1.82) is 5.26 Å². The molecule has 1 heterocycles. The second-order valence-corrected chi connectivity index (χ2v) is 6.69. The van der Waals surface area contributed by atoms with Crippen LogP contribution in [0.2, 0.25) is 0 Å². The molecular weight excluding hydrogens is 308 g/mol. The molecule has 2 N–H and O–H groups in total. The number of nitrogens with one attached hydrogen (secondary N) is 2. The molecule has 1 aromatic carbocycles. The number of nitrogens with zero attached hydrogens (tertiary/aromatic N) is 2. The van der Waals surface area contributed by atoms with Gasteiger partial charge >= 0.3 is 6.03 Å². The molecule has 6 heteroatoms. The third kappa shape index (κ3) is 2.80. The second-order valence-electron chi connectivity index (χ2n) is 5.91. The van der Waals surface area contributed by atoms with Crippen molar-refractivity contribution in [3.8, 4) is 6.07 Å². The Morgan fingerprint density at radius 3 is 2.70 bits per heavy atom. The van der Waals surface area contributed by atoms with E-state index in [1.807, 2.05) is 12.1 Å². The Morgan fingerprint density at radius 1 is 1.35 bits per heavy atom. The van der Waals surface area contributed by atoms with Crippen LogP contribution in [0, 0.1) is 25.2 Å². The predicted molar refractivity (Wildman–Crippen MR) is 90.4 cm³/mol. The average Bonchev–Trinajstić information content (AvgIpc) is 2.83. The number of carbonyl (C=O) groups is 1. The number of carbonyl (C=O) groups excluding carboxylic acids is 1. The number of hydrogen-bond acceptors (Lipinski definition) is 4. The van der Waals surface area contributed by atoms with Crippen LogP contribution in [0.3, 0.4) is 0 Å². The Bertz CT molecular complexity index is 786. The van der Waals surface area contributed by atoms with Crippen molar-refractivity contribution in [2.75, 3.05) is 5.32 Å². The normalized spacial score (nSPS) is 15.3. The summed E-state index contributed by atoms with van der Waals surface area (Å²) in [6, 6.07) is 9.95. The van der Waals surface area contributed by atoms with Crippen LogP contribution in [0.25, 0.3) is 0 Å². The van der Waals surface area contributed by atoms with Gasteiger partial charge in [-0.3, -0.25) is 5.32 Å². The van der Waals surface area contributed by atoms with Gasteiger partial charge in [0.25, 0.3) is 0 Å². The quantitative estimate of drug-likeness (QED) is 0.899. The Morgan fingerprint density at radius 2 is 2.09 bits per heavy atom. The molecule has 0 radical (unpaired) electrons. The number of urea groups is 1. The van der Waals surface area contributed by atoms with Gasteiger partial charge in [0.05, 0.1) is 11.2 Å². The van der Waals surface area contributed by atoms with Crippen molar-refractivity contribution in [3.63, 3.8) is 0 Å². The summed E-state index contributed by atoms with van der Waals surface area (Å²) in [5.41, 5.74) is 3.12. The number of benzene rings is 1. The Kier molecular flexibility index (Phi) is 4.05. The summed E-state index contributed by atoms with van der Waals surface area (Å²) in [6.07, 6.45) is 2.95. The maximum Gasteiger partial charge on any atom is 0.320 e. The van der Waals surface area contributed by atoms with E-state index in [1.54, 1.807) is 6.92 Å². The summed E-state index contributed by atoms with van der Waals surface area (Å²) >= 11 is 1.14. The van der Waals surface area contributed by atoms with Crippen molar-refractivity contribution in [3.05, 3.63) is 46.6 Å². The molecule has 2 amide bonds. The lowest BCUT2D eigenvalue weighted by atomic mass is 9.70. The van der Waals surface area contributed by atoms with E-state index < -0.39 is 0 Å². The number of amides is 2. The fourth-order valence-corrected chi connectivity index (χ4v) is 3.78. The van der Waals surface area contributed by atoms with Gasteiger partial charge in [-0.15, -0.1) is 0 Å². The molecule has 1 fully saturated rings. The van der Waals surface area contributed by atoms with Crippen LogP contribution in [-0.2, 0) is 5.54 Å².